The van der Waals surface area contributed by atoms with Crippen molar-refractivity contribution in [3.63, 3.8) is 0 Å². The van der Waals surface area contributed by atoms with Gasteiger partial charge in [0, 0.05) is 0 Å². The van der Waals surface area contributed by atoms with Crippen molar-refractivity contribution in [1.82, 2.24) is 9.13 Å². The molecule has 0 spiro atoms. The Balaban J connectivity index is 0. The molecule has 0 amide bonds. The number of imidazole rings is 2. The number of aliphatic imine (C=N–C) groups is 2. The van der Waals surface area contributed by atoms with Crippen molar-refractivity contribution in [1.29, 1.82) is 0 Å². The number of Topliss-reactive ketones (excluding diaryl/α,β-unsaturated/α-hetero) is 2. The molecule has 0 aliphatic carbocycles. The van der Waals surface area contributed by atoms with Crippen LogP contribution in [0, 0.1) is 30.6 Å². The average Bonchev–Trinajstić information content (AvgIpc) is 3.32. The Bertz CT molecular complexity index is 1020. The number of aryl methyl sites for hydroxylation is 2. The summed E-state index contributed by atoms with van der Waals surface area (Å²) in [7, 11) is 3.82. The second-order valence-electron chi connectivity index (χ2n) is 7.57. The SMILES string of the molecule is CC(=O)C(C(C)=NCCN=C(C)C(C(C)=O)n1cc[n+](C)c1)n1cc[n+](C)c1.O=[N+]([O-])[O-].O=[N+]([O-])[O-].[Cu+2]. The fourth-order valence-corrected chi connectivity index (χ4v) is 3.31. The first kappa shape index (κ1) is 35.2. The molecule has 0 saturated carbocycles. The summed E-state index contributed by atoms with van der Waals surface area (Å²) in [4.78, 5) is 49.8. The maximum Gasteiger partial charge on any atom is 2.00 e. The number of nitrogens with zero attached hydrogens (tertiary/aromatic N) is 8. The van der Waals surface area contributed by atoms with Crippen LogP contribution in [0.15, 0.2) is 47.4 Å². The molecular weight excluding hydrogens is 544 g/mol. The first-order chi connectivity index (χ1) is 16.7. The summed E-state index contributed by atoms with van der Waals surface area (Å²) in [6.45, 7) is 7.79. The number of aromatic nitrogens is 4. The molecule has 2 unspecified atom stereocenters. The van der Waals surface area contributed by atoms with Crippen molar-refractivity contribution in [2.24, 2.45) is 24.1 Å². The van der Waals surface area contributed by atoms with Crippen LogP contribution >= 0.6 is 0 Å². The van der Waals surface area contributed by atoms with E-state index in [9.17, 15) is 9.59 Å². The molecule has 0 aromatic carbocycles. The molecule has 0 aliphatic heterocycles. The summed E-state index contributed by atoms with van der Waals surface area (Å²) in [6.07, 6.45) is 11.2. The summed E-state index contributed by atoms with van der Waals surface area (Å²) in [5.41, 5.74) is 1.49. The van der Waals surface area contributed by atoms with Gasteiger partial charge in [0.1, 0.15) is 24.8 Å². The van der Waals surface area contributed by atoms with Gasteiger partial charge in [-0.2, -0.15) is 0 Å². The number of rotatable bonds is 9. The fraction of sp³-hybridized carbons (Fsp3) is 0.500. The minimum atomic E-state index is -1.75. The van der Waals surface area contributed by atoms with E-state index in [4.69, 9.17) is 30.6 Å². The third-order valence-corrected chi connectivity index (χ3v) is 4.56. The van der Waals surface area contributed by atoms with Crippen LogP contribution in [0.2, 0.25) is 0 Å². The van der Waals surface area contributed by atoms with Gasteiger partial charge >= 0.3 is 17.1 Å². The van der Waals surface area contributed by atoms with Crippen molar-refractivity contribution in [2.75, 3.05) is 13.1 Å². The minimum Gasteiger partial charge on any atom is -0.356 e. The zero-order chi connectivity index (χ0) is 28.0. The number of carbonyl (C=O) groups excluding carboxylic acids is 2. The second kappa shape index (κ2) is 17.4. The topological polar surface area (TPSA) is 209 Å². The standard InChI is InChI=1S/C20H30N6O2.Cu.2NO3/c1-15(19(17(3)27)25-11-9-23(5)13-25)21-7-8-22-16(2)20(18(4)28)26-12-10-24(6)14-26;;2*2-1(3)4/h9-14,19-20H,7-8H2,1-6H3;;;/q2*+2;2*-1. The van der Waals surface area contributed by atoms with Gasteiger partial charge in [-0.15, -0.1) is 0 Å². The second-order valence-corrected chi connectivity index (χ2v) is 7.57. The Morgan fingerprint density at radius 1 is 0.757 bits per heavy atom. The number of ketones is 2. The molecule has 0 bridgehead atoms. The smallest absolute Gasteiger partial charge is 0.356 e. The summed E-state index contributed by atoms with van der Waals surface area (Å²) < 4.78 is 7.49. The number of hydrogen-bond acceptors (Lipinski definition) is 10. The largest absolute Gasteiger partial charge is 2.00 e. The summed E-state index contributed by atoms with van der Waals surface area (Å²) in [5.74, 6) is 0.0727. The van der Waals surface area contributed by atoms with E-state index in [1.54, 1.807) is 13.8 Å². The number of carbonyl (C=O) groups is 2. The van der Waals surface area contributed by atoms with Gasteiger partial charge in [0.05, 0.1) is 48.8 Å². The first-order valence-corrected chi connectivity index (χ1v) is 10.4. The van der Waals surface area contributed by atoms with Crippen LogP contribution < -0.4 is 9.13 Å². The van der Waals surface area contributed by atoms with Gasteiger partial charge in [0.25, 0.3) is 0 Å². The van der Waals surface area contributed by atoms with Gasteiger partial charge < -0.3 is 30.6 Å². The molecule has 2 aromatic rings. The molecule has 2 atom stereocenters. The van der Waals surface area contributed by atoms with Gasteiger partial charge in [-0.3, -0.25) is 19.6 Å². The third kappa shape index (κ3) is 14.2. The van der Waals surface area contributed by atoms with Gasteiger partial charge in [0.2, 0.25) is 12.7 Å². The van der Waals surface area contributed by atoms with E-state index < -0.39 is 22.3 Å². The molecule has 17 heteroatoms. The molecular formula is C20H30CuN8O8+2. The van der Waals surface area contributed by atoms with E-state index in [-0.39, 0.29) is 28.6 Å². The molecule has 0 aliphatic rings. The van der Waals surface area contributed by atoms with Crippen LogP contribution in [-0.2, 0) is 40.8 Å². The molecule has 0 N–H and O–H groups in total. The van der Waals surface area contributed by atoms with Gasteiger partial charge in [-0.25, -0.2) is 18.3 Å². The Kier molecular flexibility index (Phi) is 16.6. The Hall–Kier alpha value is -3.98. The molecule has 0 saturated heterocycles. The molecule has 2 heterocycles. The Morgan fingerprint density at radius 2 is 1.03 bits per heavy atom. The monoisotopic (exact) mass is 573 g/mol. The minimum absolute atomic E-state index is 0. The fourth-order valence-electron chi connectivity index (χ4n) is 3.31. The van der Waals surface area contributed by atoms with Crippen molar-refractivity contribution < 1.29 is 46.0 Å². The van der Waals surface area contributed by atoms with Crippen LogP contribution in [0.25, 0.3) is 0 Å². The van der Waals surface area contributed by atoms with Crippen LogP contribution in [-0.4, -0.2) is 55.4 Å². The van der Waals surface area contributed by atoms with Gasteiger partial charge in [-0.1, -0.05) is 0 Å². The van der Waals surface area contributed by atoms with E-state index in [1.807, 2.05) is 83.7 Å². The summed E-state index contributed by atoms with van der Waals surface area (Å²) >= 11 is 0. The van der Waals surface area contributed by atoms with E-state index in [0.717, 1.165) is 11.4 Å². The average molecular weight is 574 g/mol. The Morgan fingerprint density at radius 3 is 1.22 bits per heavy atom. The van der Waals surface area contributed by atoms with Crippen molar-refractivity contribution >= 4 is 23.0 Å². The third-order valence-electron chi connectivity index (χ3n) is 4.56. The zero-order valence-electron chi connectivity index (χ0n) is 21.2. The van der Waals surface area contributed by atoms with E-state index in [1.165, 1.54) is 0 Å². The predicted octanol–water partition coefficient (Wildman–Crippen LogP) is 0.340. The number of hydrogen-bond donors (Lipinski definition) is 0. The molecule has 2 rings (SSSR count). The Labute approximate surface area is 223 Å². The molecule has 1 radical (unpaired) electrons. The van der Waals surface area contributed by atoms with Gasteiger partial charge in [-0.05, 0) is 27.7 Å². The maximum absolute atomic E-state index is 12.1. The maximum atomic E-state index is 12.1. The van der Waals surface area contributed by atoms with Crippen LogP contribution in [0.3, 0.4) is 0 Å². The molecule has 0 fully saturated rings. The normalized spacial score (nSPS) is 12.5. The van der Waals surface area contributed by atoms with E-state index in [2.05, 4.69) is 9.98 Å². The van der Waals surface area contributed by atoms with E-state index in [0.29, 0.717) is 13.1 Å². The zero-order valence-corrected chi connectivity index (χ0v) is 22.1. The van der Waals surface area contributed by atoms with Gasteiger partial charge in [0.15, 0.2) is 23.7 Å². The molecule has 37 heavy (non-hydrogen) atoms. The summed E-state index contributed by atoms with van der Waals surface area (Å²) in [6, 6.07) is -0.813. The molecule has 16 nitrogen and oxygen atoms in total. The van der Waals surface area contributed by atoms with Crippen molar-refractivity contribution in [3.05, 3.63) is 68.1 Å². The first-order valence-electron chi connectivity index (χ1n) is 10.4. The van der Waals surface area contributed by atoms with Crippen molar-refractivity contribution in [3.8, 4) is 0 Å². The summed E-state index contributed by atoms with van der Waals surface area (Å²) in [5, 5.41) is 29.5. The van der Waals surface area contributed by atoms with Crippen LogP contribution in [0.4, 0.5) is 0 Å². The van der Waals surface area contributed by atoms with Crippen LogP contribution in [0.5, 0.6) is 0 Å². The van der Waals surface area contributed by atoms with Crippen molar-refractivity contribution in [2.45, 2.75) is 39.8 Å². The van der Waals surface area contributed by atoms with E-state index >= 15 is 0 Å². The molecule has 2 aromatic heterocycles. The predicted molar refractivity (Wildman–Crippen MR) is 127 cm³/mol. The molecule has 207 valence electrons. The quantitative estimate of drug-likeness (QED) is 0.102. The van der Waals surface area contributed by atoms with Crippen LogP contribution in [0.1, 0.15) is 39.8 Å².